The number of carbonyl (C=O) groups excluding carboxylic acids is 4. The van der Waals surface area contributed by atoms with Gasteiger partial charge in [0.1, 0.15) is 29.2 Å². The van der Waals surface area contributed by atoms with Crippen molar-refractivity contribution in [3.05, 3.63) is 86.3 Å². The van der Waals surface area contributed by atoms with Crippen LogP contribution in [0.5, 0.6) is 11.5 Å². The fourth-order valence-electron chi connectivity index (χ4n) is 6.00. The first kappa shape index (κ1) is 39.9. The second-order valence-electron chi connectivity index (χ2n) is 13.0. The predicted molar refractivity (Wildman–Crippen MR) is 191 cm³/mol. The summed E-state index contributed by atoms with van der Waals surface area (Å²) < 4.78 is 74.7. The van der Waals surface area contributed by atoms with Gasteiger partial charge < -0.3 is 29.1 Å². The van der Waals surface area contributed by atoms with Gasteiger partial charge in [-0.15, -0.1) is 0 Å². The van der Waals surface area contributed by atoms with Crippen LogP contribution in [0, 0.1) is 11.1 Å². The van der Waals surface area contributed by atoms with Gasteiger partial charge in [0.05, 0.1) is 42.9 Å². The molecule has 2 aromatic carbocycles. The second-order valence-corrected chi connectivity index (χ2v) is 15.7. The van der Waals surface area contributed by atoms with Crippen molar-refractivity contribution in [2.75, 3.05) is 56.6 Å². The molecule has 3 heterocycles. The van der Waals surface area contributed by atoms with Gasteiger partial charge in [-0.2, -0.15) is 13.5 Å². The van der Waals surface area contributed by atoms with Crippen molar-refractivity contribution >= 4 is 62.6 Å². The number of morpholine rings is 1. The van der Waals surface area contributed by atoms with Gasteiger partial charge in [-0.3, -0.25) is 28.4 Å². The van der Waals surface area contributed by atoms with Gasteiger partial charge in [0.25, 0.3) is 11.8 Å². The minimum atomic E-state index is -4.04. The topological polar surface area (TPSA) is 176 Å². The molecule has 1 saturated carbocycles. The Morgan fingerprint density at radius 3 is 2.33 bits per heavy atom. The van der Waals surface area contributed by atoms with Crippen LogP contribution in [0.25, 0.3) is 0 Å². The number of nitrogens with zero attached hydrogens (tertiary/aromatic N) is 4. The van der Waals surface area contributed by atoms with Crippen molar-refractivity contribution in [2.24, 2.45) is 5.92 Å². The summed E-state index contributed by atoms with van der Waals surface area (Å²) in [4.78, 5) is 55.6. The van der Waals surface area contributed by atoms with Crippen LogP contribution in [-0.4, -0.2) is 101 Å². The molecule has 0 bridgehead atoms. The molecule has 6 rings (SSSR count). The number of amides is 3. The van der Waals surface area contributed by atoms with Crippen LogP contribution < -0.4 is 18.5 Å². The standard InChI is InChI=1S/C35H34Cl2F2N4O11S/c1-55(49,50)43(17-31(44)40-8-10-51-11-9-40)22-5-6-23-24(13-22)34(47)42(33(23)46)18-32(45)53-29(14-25-26(36)15-41(48)16-27(25)37)21-4-7-28(54-35(38)39)30(12-21)52-19-20-2-3-20/h4-7,12-13,15-16,20,29,35H,2-3,8-11,14,17-19H2,1H3/t29-/m0/s1. The van der Waals surface area contributed by atoms with Crippen molar-refractivity contribution in [2.45, 2.75) is 32.0 Å². The SMILES string of the molecule is CS(=O)(=O)N(CC(=O)N1CCOCC1)c1ccc2c(c1)C(=O)N(CC(=O)O[C@@H](Cc1c(Cl)c[n+]([O-])cc1Cl)c1ccc(OC(F)F)c(OCC3CC3)c1)C2=O. The maximum absolute atomic E-state index is 13.6. The number of carbonyl (C=O) groups is 4. The lowest BCUT2D eigenvalue weighted by atomic mass is 10.0. The molecule has 0 radical (unpaired) electrons. The van der Waals surface area contributed by atoms with Crippen molar-refractivity contribution in [1.82, 2.24) is 9.80 Å². The Kier molecular flexibility index (Phi) is 12.0. The number of sulfonamides is 1. The quantitative estimate of drug-likeness (QED) is 0.0944. The molecule has 1 atom stereocenters. The molecule has 2 fully saturated rings. The lowest BCUT2D eigenvalue weighted by molar-refractivity contribution is -0.605. The fraction of sp³-hybridized carbons (Fsp3) is 0.400. The largest absolute Gasteiger partial charge is 0.619 e. The van der Waals surface area contributed by atoms with E-state index >= 15 is 0 Å². The van der Waals surface area contributed by atoms with Gasteiger partial charge >= 0.3 is 12.6 Å². The summed E-state index contributed by atoms with van der Waals surface area (Å²) in [7, 11) is -4.04. The molecule has 1 aromatic heterocycles. The first-order chi connectivity index (χ1) is 26.1. The number of aromatic nitrogens is 1. The van der Waals surface area contributed by atoms with Gasteiger partial charge in [0.2, 0.25) is 15.9 Å². The highest BCUT2D eigenvalue weighted by Crippen LogP contribution is 2.38. The van der Waals surface area contributed by atoms with E-state index in [1.165, 1.54) is 35.2 Å². The first-order valence-electron chi connectivity index (χ1n) is 16.9. The molecular weight excluding hydrogens is 793 g/mol. The average molecular weight is 828 g/mol. The minimum absolute atomic E-state index is 0.0523. The summed E-state index contributed by atoms with van der Waals surface area (Å²) >= 11 is 12.7. The van der Waals surface area contributed by atoms with Crippen LogP contribution in [0.1, 0.15) is 50.8 Å². The van der Waals surface area contributed by atoms with Crippen LogP contribution in [0.4, 0.5) is 14.5 Å². The van der Waals surface area contributed by atoms with Crippen molar-refractivity contribution < 1.29 is 60.1 Å². The van der Waals surface area contributed by atoms with Crippen LogP contribution in [0.15, 0.2) is 48.8 Å². The highest BCUT2D eigenvalue weighted by molar-refractivity contribution is 7.92. The number of esters is 1. The summed E-state index contributed by atoms with van der Waals surface area (Å²) in [5, 5.41) is 11.8. The number of rotatable bonds is 15. The van der Waals surface area contributed by atoms with Gasteiger partial charge in [-0.05, 0) is 54.7 Å². The van der Waals surface area contributed by atoms with Gasteiger partial charge in [0, 0.05) is 25.1 Å². The summed E-state index contributed by atoms with van der Waals surface area (Å²) in [6, 6.07) is 7.56. The van der Waals surface area contributed by atoms with Gasteiger partial charge in [0.15, 0.2) is 23.9 Å². The number of alkyl halides is 2. The number of fused-ring (bicyclic) bond motifs is 1. The molecule has 20 heteroatoms. The Hall–Kier alpha value is -4.78. The summed E-state index contributed by atoms with van der Waals surface area (Å²) in [6.07, 6.45) is 3.25. The normalized spacial score (nSPS) is 16.3. The van der Waals surface area contributed by atoms with Gasteiger partial charge in [-0.1, -0.05) is 29.3 Å². The summed E-state index contributed by atoms with van der Waals surface area (Å²) in [5.74, 6) is -3.45. The molecular formula is C35H34Cl2F2N4O11S. The predicted octanol–water partition coefficient (Wildman–Crippen LogP) is 3.77. The second kappa shape index (κ2) is 16.5. The summed E-state index contributed by atoms with van der Waals surface area (Å²) in [6.45, 7) is -3.24. The highest BCUT2D eigenvalue weighted by Gasteiger charge is 2.39. The van der Waals surface area contributed by atoms with Crippen molar-refractivity contribution in [3.63, 3.8) is 0 Å². The Morgan fingerprint density at radius 2 is 1.69 bits per heavy atom. The Bertz CT molecular complexity index is 2090. The molecule has 1 aliphatic carbocycles. The van der Waals surface area contributed by atoms with E-state index in [1.807, 2.05) is 0 Å². The zero-order valence-electron chi connectivity index (χ0n) is 29.1. The number of ether oxygens (including phenoxy) is 4. The maximum atomic E-state index is 13.6. The number of hydrogen-bond acceptors (Lipinski definition) is 11. The van der Waals surface area contributed by atoms with E-state index < -0.39 is 59.5 Å². The van der Waals surface area contributed by atoms with Crippen LogP contribution in [0.2, 0.25) is 10.0 Å². The Morgan fingerprint density at radius 1 is 1.02 bits per heavy atom. The third kappa shape index (κ3) is 9.55. The molecule has 0 N–H and O–H groups in total. The third-order valence-electron chi connectivity index (χ3n) is 9.02. The number of halogens is 4. The van der Waals surface area contributed by atoms with E-state index in [9.17, 15) is 41.6 Å². The molecule has 0 spiro atoms. The molecule has 55 heavy (non-hydrogen) atoms. The Balaban J connectivity index is 1.24. The highest BCUT2D eigenvalue weighted by atomic mass is 35.5. The Labute approximate surface area is 323 Å². The molecule has 3 aliphatic rings. The smallest absolute Gasteiger partial charge is 0.387 e. The number of hydrogen-bond donors (Lipinski definition) is 0. The average Bonchev–Trinajstić information content (AvgIpc) is 3.93. The number of imide groups is 1. The van der Waals surface area contributed by atoms with E-state index in [4.69, 9.17) is 37.4 Å². The number of anilines is 1. The minimum Gasteiger partial charge on any atom is -0.619 e. The molecule has 15 nitrogen and oxygen atoms in total. The van der Waals surface area contributed by atoms with E-state index in [2.05, 4.69) is 4.74 Å². The lowest BCUT2D eigenvalue weighted by Crippen LogP contribution is -2.47. The van der Waals surface area contributed by atoms with Crippen LogP contribution in [-0.2, 0) is 35.5 Å². The monoisotopic (exact) mass is 826 g/mol. The lowest BCUT2D eigenvalue weighted by Gasteiger charge is -2.30. The van der Waals surface area contributed by atoms with Crippen LogP contribution in [0.3, 0.4) is 0 Å². The molecule has 3 amide bonds. The van der Waals surface area contributed by atoms with Crippen LogP contribution >= 0.6 is 23.2 Å². The van der Waals surface area contributed by atoms with Gasteiger partial charge in [-0.25, -0.2) is 8.42 Å². The van der Waals surface area contributed by atoms with E-state index in [-0.39, 0.29) is 81.5 Å². The zero-order chi connectivity index (χ0) is 39.6. The number of pyridine rings is 1. The first-order valence-corrected chi connectivity index (χ1v) is 19.5. The summed E-state index contributed by atoms with van der Waals surface area (Å²) in [5.41, 5.74) is 0.0270. The maximum Gasteiger partial charge on any atom is 0.387 e. The van der Waals surface area contributed by atoms with E-state index in [1.54, 1.807) is 0 Å². The molecule has 2 aliphatic heterocycles. The zero-order valence-corrected chi connectivity index (χ0v) is 31.4. The van der Waals surface area contributed by atoms with Crippen molar-refractivity contribution in [3.8, 4) is 11.5 Å². The van der Waals surface area contributed by atoms with Crippen molar-refractivity contribution in [1.29, 1.82) is 0 Å². The third-order valence-corrected chi connectivity index (χ3v) is 10.8. The van der Waals surface area contributed by atoms with E-state index in [0.717, 1.165) is 41.9 Å². The molecule has 1 saturated heterocycles. The fourth-order valence-corrected chi connectivity index (χ4v) is 7.44. The molecule has 3 aromatic rings. The molecule has 0 unspecified atom stereocenters. The van der Waals surface area contributed by atoms with E-state index in [0.29, 0.717) is 22.8 Å². The molecule has 294 valence electrons. The number of benzene rings is 2.